The lowest BCUT2D eigenvalue weighted by atomic mass is 10.1. The first-order valence-electron chi connectivity index (χ1n) is 6.20. The van der Waals surface area contributed by atoms with Gasteiger partial charge in [-0.3, -0.25) is 0 Å². The van der Waals surface area contributed by atoms with Gasteiger partial charge in [-0.1, -0.05) is 12.1 Å². The number of aryl methyl sites for hydroxylation is 1. The normalized spacial score (nSPS) is 14.3. The van der Waals surface area contributed by atoms with E-state index in [2.05, 4.69) is 15.3 Å². The minimum atomic E-state index is -0.751. The largest absolute Gasteiger partial charge is 0.387 e. The molecule has 1 heterocycles. The Labute approximate surface area is 117 Å². The van der Waals surface area contributed by atoms with Crippen LogP contribution in [0.25, 0.3) is 11.0 Å². The van der Waals surface area contributed by atoms with Gasteiger partial charge in [0.25, 0.3) is 0 Å². The van der Waals surface area contributed by atoms with Crippen LogP contribution < -0.4 is 5.32 Å². The van der Waals surface area contributed by atoms with Crippen LogP contribution in [0.2, 0.25) is 0 Å². The Morgan fingerprint density at radius 3 is 2.53 bits per heavy atom. The smallest absolute Gasteiger partial charge is 0.148 e. The third kappa shape index (κ3) is 3.58. The van der Waals surface area contributed by atoms with E-state index in [9.17, 15) is 5.11 Å². The summed E-state index contributed by atoms with van der Waals surface area (Å²) in [4.78, 5) is 9.06. The second kappa shape index (κ2) is 5.75. The van der Waals surface area contributed by atoms with Gasteiger partial charge >= 0.3 is 0 Å². The minimum Gasteiger partial charge on any atom is -0.387 e. The van der Waals surface area contributed by atoms with E-state index in [1.54, 1.807) is 11.8 Å². The number of thioether (sulfide) groups is 1. The number of hydrogen-bond donors (Lipinski definition) is 2. The number of aliphatic hydroxyl groups is 1. The number of nitrogens with zero attached hydrogens (tertiary/aromatic N) is 2. The third-order valence-corrected chi connectivity index (χ3v) is 3.75. The van der Waals surface area contributed by atoms with Crippen molar-refractivity contribution in [2.75, 3.05) is 23.9 Å². The predicted molar refractivity (Wildman–Crippen MR) is 81.8 cm³/mol. The van der Waals surface area contributed by atoms with Gasteiger partial charge in [0.1, 0.15) is 5.82 Å². The Morgan fingerprint density at radius 2 is 1.89 bits per heavy atom. The number of hydrogen-bond acceptors (Lipinski definition) is 5. The first kappa shape index (κ1) is 14.1. The van der Waals surface area contributed by atoms with Crippen molar-refractivity contribution in [2.24, 2.45) is 0 Å². The highest BCUT2D eigenvalue weighted by molar-refractivity contribution is 7.98. The molecule has 0 spiro atoms. The second-order valence-corrected chi connectivity index (χ2v) is 5.80. The summed E-state index contributed by atoms with van der Waals surface area (Å²) in [5, 5.41) is 13.3. The zero-order valence-electron chi connectivity index (χ0n) is 11.5. The standard InChI is InChI=1S/C14H19N3OS/c1-10-13(15-8-14(2,18)9-19-3)17-12-7-5-4-6-11(12)16-10/h4-7,18H,8-9H2,1-3H3,(H,15,17). The van der Waals surface area contributed by atoms with Gasteiger partial charge in [-0.25, -0.2) is 9.97 Å². The van der Waals surface area contributed by atoms with Gasteiger partial charge in [-0.2, -0.15) is 11.8 Å². The molecule has 4 nitrogen and oxygen atoms in total. The number of aromatic nitrogens is 2. The molecule has 0 radical (unpaired) electrons. The van der Waals surface area contributed by atoms with Gasteiger partial charge in [0.05, 0.1) is 22.3 Å². The lowest BCUT2D eigenvalue weighted by molar-refractivity contribution is 0.0996. The van der Waals surface area contributed by atoms with Crippen molar-refractivity contribution in [3.63, 3.8) is 0 Å². The Hall–Kier alpha value is -1.33. The maximum absolute atomic E-state index is 10.1. The lowest BCUT2D eigenvalue weighted by Gasteiger charge is -2.23. The van der Waals surface area contributed by atoms with Crippen LogP contribution in [0.15, 0.2) is 24.3 Å². The van der Waals surface area contributed by atoms with E-state index >= 15 is 0 Å². The van der Waals surface area contributed by atoms with Gasteiger partial charge in [-0.05, 0) is 32.2 Å². The molecule has 0 saturated carbocycles. The highest BCUT2D eigenvalue weighted by Gasteiger charge is 2.20. The zero-order chi connectivity index (χ0) is 13.9. The van der Waals surface area contributed by atoms with E-state index in [0.29, 0.717) is 12.3 Å². The molecule has 0 amide bonds. The van der Waals surface area contributed by atoms with E-state index < -0.39 is 5.60 Å². The van der Waals surface area contributed by atoms with Crippen LogP contribution >= 0.6 is 11.8 Å². The molecule has 5 heteroatoms. The number of para-hydroxylation sites is 2. The molecule has 1 aromatic carbocycles. The summed E-state index contributed by atoms with van der Waals surface area (Å²) in [6.07, 6.45) is 1.98. The van der Waals surface area contributed by atoms with Crippen LogP contribution in [0.5, 0.6) is 0 Å². The van der Waals surface area contributed by atoms with Gasteiger partial charge in [-0.15, -0.1) is 0 Å². The molecule has 0 aliphatic heterocycles. The molecule has 2 aromatic rings. The number of benzene rings is 1. The molecule has 0 aliphatic carbocycles. The van der Waals surface area contributed by atoms with Gasteiger partial charge in [0.15, 0.2) is 0 Å². The SMILES string of the molecule is CSCC(C)(O)CNc1nc2ccccc2nc1C. The number of nitrogens with one attached hydrogen (secondary N) is 1. The number of rotatable bonds is 5. The summed E-state index contributed by atoms with van der Waals surface area (Å²) in [6, 6.07) is 7.78. The van der Waals surface area contributed by atoms with Gasteiger partial charge in [0.2, 0.25) is 0 Å². The van der Waals surface area contributed by atoms with E-state index in [1.807, 2.05) is 44.4 Å². The first-order chi connectivity index (χ1) is 9.02. The van der Waals surface area contributed by atoms with Crippen molar-refractivity contribution < 1.29 is 5.11 Å². The minimum absolute atomic E-state index is 0.460. The van der Waals surface area contributed by atoms with Crippen molar-refractivity contribution in [1.29, 1.82) is 0 Å². The maximum Gasteiger partial charge on any atom is 0.148 e. The lowest BCUT2D eigenvalue weighted by Crippen LogP contribution is -2.36. The van der Waals surface area contributed by atoms with E-state index in [0.717, 1.165) is 22.5 Å². The van der Waals surface area contributed by atoms with Crippen LogP contribution in [0.4, 0.5) is 5.82 Å². The Balaban J connectivity index is 2.18. The molecule has 0 saturated heterocycles. The van der Waals surface area contributed by atoms with Crippen molar-refractivity contribution >= 4 is 28.6 Å². The third-order valence-electron chi connectivity index (χ3n) is 2.84. The number of fused-ring (bicyclic) bond motifs is 1. The monoisotopic (exact) mass is 277 g/mol. The first-order valence-corrected chi connectivity index (χ1v) is 7.60. The topological polar surface area (TPSA) is 58.0 Å². The summed E-state index contributed by atoms with van der Waals surface area (Å²) in [6.45, 7) is 4.20. The van der Waals surface area contributed by atoms with Crippen LogP contribution in [0, 0.1) is 6.92 Å². The van der Waals surface area contributed by atoms with E-state index in [1.165, 1.54) is 0 Å². The molecule has 19 heavy (non-hydrogen) atoms. The Kier molecular flexibility index (Phi) is 4.27. The highest BCUT2D eigenvalue weighted by Crippen LogP contribution is 2.17. The molecule has 0 fully saturated rings. The van der Waals surface area contributed by atoms with Gasteiger partial charge in [0, 0.05) is 12.3 Å². The molecule has 2 N–H and O–H groups in total. The summed E-state index contributed by atoms with van der Waals surface area (Å²) < 4.78 is 0. The van der Waals surface area contributed by atoms with Crippen LogP contribution in [-0.4, -0.2) is 39.2 Å². The Morgan fingerprint density at radius 1 is 1.26 bits per heavy atom. The summed E-state index contributed by atoms with van der Waals surface area (Å²) >= 11 is 1.62. The van der Waals surface area contributed by atoms with Crippen molar-refractivity contribution in [1.82, 2.24) is 9.97 Å². The molecule has 1 atom stereocenters. The molecule has 1 unspecified atom stereocenters. The molecular formula is C14H19N3OS. The molecular weight excluding hydrogens is 258 g/mol. The second-order valence-electron chi connectivity index (χ2n) is 4.93. The predicted octanol–water partition coefficient (Wildman–Crippen LogP) is 2.46. The molecule has 0 aliphatic rings. The summed E-state index contributed by atoms with van der Waals surface area (Å²) in [5.41, 5.74) is 1.85. The molecule has 1 aromatic heterocycles. The summed E-state index contributed by atoms with van der Waals surface area (Å²) in [7, 11) is 0. The maximum atomic E-state index is 10.1. The summed E-state index contributed by atoms with van der Waals surface area (Å²) in [5.74, 6) is 1.42. The Bertz CT molecular complexity index is 572. The fraction of sp³-hybridized carbons (Fsp3) is 0.429. The molecule has 102 valence electrons. The van der Waals surface area contributed by atoms with Gasteiger partial charge < -0.3 is 10.4 Å². The molecule has 2 rings (SSSR count). The van der Waals surface area contributed by atoms with Crippen LogP contribution in [0.3, 0.4) is 0 Å². The fourth-order valence-corrected chi connectivity index (χ4v) is 2.62. The average molecular weight is 277 g/mol. The van der Waals surface area contributed by atoms with E-state index in [-0.39, 0.29) is 0 Å². The van der Waals surface area contributed by atoms with Crippen molar-refractivity contribution in [3.8, 4) is 0 Å². The zero-order valence-corrected chi connectivity index (χ0v) is 12.3. The molecule has 0 bridgehead atoms. The average Bonchev–Trinajstić information content (AvgIpc) is 2.36. The van der Waals surface area contributed by atoms with Crippen molar-refractivity contribution in [2.45, 2.75) is 19.4 Å². The fourth-order valence-electron chi connectivity index (χ4n) is 1.89. The quantitative estimate of drug-likeness (QED) is 0.879. The van der Waals surface area contributed by atoms with Crippen LogP contribution in [-0.2, 0) is 0 Å². The van der Waals surface area contributed by atoms with E-state index in [4.69, 9.17) is 0 Å². The number of anilines is 1. The van der Waals surface area contributed by atoms with Crippen molar-refractivity contribution in [3.05, 3.63) is 30.0 Å². The highest BCUT2D eigenvalue weighted by atomic mass is 32.2. The van der Waals surface area contributed by atoms with Crippen LogP contribution in [0.1, 0.15) is 12.6 Å².